The van der Waals surface area contributed by atoms with E-state index in [9.17, 15) is 18.0 Å². The molecular weight excluding hydrogens is 245 g/mol. The number of carbonyl (C=O) groups is 1. The molecule has 1 unspecified atom stereocenters. The maximum Gasteiger partial charge on any atom is 0.410 e. The summed E-state index contributed by atoms with van der Waals surface area (Å²) in [5, 5.41) is 0. The molecule has 0 fully saturated rings. The topological polar surface area (TPSA) is 46.3 Å². The average Bonchev–Trinajstić information content (AvgIpc) is 2.31. The van der Waals surface area contributed by atoms with Gasteiger partial charge in [-0.25, -0.2) is 0 Å². The summed E-state index contributed by atoms with van der Waals surface area (Å²) in [5.74, 6) is -0.526. The van der Waals surface area contributed by atoms with E-state index in [1.54, 1.807) is 18.2 Å². The highest BCUT2D eigenvalue weighted by Crippen LogP contribution is 2.34. The monoisotopic (exact) mass is 258 g/mol. The molecule has 1 amide bonds. The molecule has 98 valence electrons. The van der Waals surface area contributed by atoms with Gasteiger partial charge in [0.15, 0.2) is 0 Å². The van der Waals surface area contributed by atoms with Crippen LogP contribution in [0.15, 0.2) is 24.3 Å². The molecular formula is C12H13F3N2O. The lowest BCUT2D eigenvalue weighted by atomic mass is 9.99. The fourth-order valence-corrected chi connectivity index (χ4v) is 2.18. The van der Waals surface area contributed by atoms with Crippen LogP contribution >= 0.6 is 0 Å². The van der Waals surface area contributed by atoms with Crippen LogP contribution in [0.25, 0.3) is 0 Å². The van der Waals surface area contributed by atoms with E-state index in [2.05, 4.69) is 0 Å². The maximum atomic E-state index is 12.9. The molecule has 1 aromatic rings. The lowest BCUT2D eigenvalue weighted by Gasteiger charge is -2.36. The molecule has 0 saturated heterocycles. The van der Waals surface area contributed by atoms with E-state index in [0.29, 0.717) is 12.1 Å². The first kappa shape index (κ1) is 12.9. The second kappa shape index (κ2) is 4.61. The number of halogens is 3. The van der Waals surface area contributed by atoms with Crippen molar-refractivity contribution in [1.29, 1.82) is 0 Å². The number of hydrogen-bond acceptors (Lipinski definition) is 2. The van der Waals surface area contributed by atoms with Gasteiger partial charge in [0.2, 0.25) is 5.91 Å². The first-order valence-corrected chi connectivity index (χ1v) is 5.62. The number of rotatable bonds is 2. The fraction of sp³-hybridized carbons (Fsp3) is 0.417. The van der Waals surface area contributed by atoms with Crippen molar-refractivity contribution in [3.05, 3.63) is 29.8 Å². The predicted octanol–water partition coefficient (Wildman–Crippen LogP) is 1.86. The highest BCUT2D eigenvalue weighted by molar-refractivity contribution is 5.97. The molecule has 0 saturated carbocycles. The van der Waals surface area contributed by atoms with Gasteiger partial charge in [0, 0.05) is 18.7 Å². The van der Waals surface area contributed by atoms with E-state index >= 15 is 0 Å². The van der Waals surface area contributed by atoms with Gasteiger partial charge in [-0.15, -0.1) is 0 Å². The molecule has 1 heterocycles. The summed E-state index contributed by atoms with van der Waals surface area (Å²) in [4.78, 5) is 12.6. The zero-order valence-corrected chi connectivity index (χ0v) is 9.57. The van der Waals surface area contributed by atoms with Crippen LogP contribution in [0, 0.1) is 0 Å². The number of para-hydroxylation sites is 1. The molecule has 1 aliphatic rings. The highest BCUT2D eigenvalue weighted by Gasteiger charge is 2.46. The molecule has 18 heavy (non-hydrogen) atoms. The van der Waals surface area contributed by atoms with Crippen LogP contribution in [0.5, 0.6) is 0 Å². The van der Waals surface area contributed by atoms with Crippen molar-refractivity contribution in [3.8, 4) is 0 Å². The minimum absolute atomic E-state index is 0.0869. The van der Waals surface area contributed by atoms with Crippen LogP contribution in [0.3, 0.4) is 0 Å². The largest absolute Gasteiger partial charge is 0.410 e. The Labute approximate surface area is 102 Å². The molecule has 2 rings (SSSR count). The summed E-state index contributed by atoms with van der Waals surface area (Å²) < 4.78 is 38.7. The SMILES string of the molecule is NCC(N1C(=O)CCc2ccccc21)C(F)(F)F. The third-order valence-corrected chi connectivity index (χ3v) is 3.04. The average molecular weight is 258 g/mol. The Morgan fingerprint density at radius 1 is 1.28 bits per heavy atom. The second-order valence-corrected chi connectivity index (χ2v) is 4.19. The lowest BCUT2D eigenvalue weighted by molar-refractivity contribution is -0.152. The van der Waals surface area contributed by atoms with Crippen molar-refractivity contribution in [2.45, 2.75) is 25.1 Å². The van der Waals surface area contributed by atoms with Gasteiger partial charge in [0.1, 0.15) is 6.04 Å². The molecule has 2 N–H and O–H groups in total. The Kier molecular flexibility index (Phi) is 3.30. The Hall–Kier alpha value is -1.56. The van der Waals surface area contributed by atoms with Crippen molar-refractivity contribution in [1.82, 2.24) is 0 Å². The van der Waals surface area contributed by atoms with Gasteiger partial charge in [0.25, 0.3) is 0 Å². The quantitative estimate of drug-likeness (QED) is 0.880. The Bertz CT molecular complexity index is 459. The van der Waals surface area contributed by atoms with Gasteiger partial charge < -0.3 is 5.73 Å². The van der Waals surface area contributed by atoms with Crippen molar-refractivity contribution in [2.75, 3.05) is 11.4 Å². The van der Waals surface area contributed by atoms with E-state index in [1.165, 1.54) is 6.07 Å². The molecule has 1 aliphatic heterocycles. The number of nitrogens with two attached hydrogens (primary N) is 1. The summed E-state index contributed by atoms with van der Waals surface area (Å²) in [5.41, 5.74) is 6.27. The summed E-state index contributed by atoms with van der Waals surface area (Å²) in [6, 6.07) is 4.68. The van der Waals surface area contributed by atoms with E-state index in [-0.39, 0.29) is 6.42 Å². The predicted molar refractivity (Wildman–Crippen MR) is 61.1 cm³/mol. The van der Waals surface area contributed by atoms with E-state index in [1.807, 2.05) is 0 Å². The van der Waals surface area contributed by atoms with Crippen LogP contribution in [0.4, 0.5) is 18.9 Å². The van der Waals surface area contributed by atoms with Gasteiger partial charge in [-0.2, -0.15) is 13.2 Å². The number of amides is 1. The van der Waals surface area contributed by atoms with Crippen LogP contribution in [0.2, 0.25) is 0 Å². The van der Waals surface area contributed by atoms with E-state index in [0.717, 1.165) is 10.5 Å². The van der Waals surface area contributed by atoms with E-state index < -0.39 is 24.7 Å². The van der Waals surface area contributed by atoms with Crippen molar-refractivity contribution in [2.24, 2.45) is 5.73 Å². The normalized spacial score (nSPS) is 17.6. The molecule has 0 aliphatic carbocycles. The first-order valence-electron chi connectivity index (χ1n) is 5.62. The van der Waals surface area contributed by atoms with Gasteiger partial charge in [0.05, 0.1) is 0 Å². The molecule has 3 nitrogen and oxygen atoms in total. The maximum absolute atomic E-state index is 12.9. The fourth-order valence-electron chi connectivity index (χ4n) is 2.18. The Morgan fingerprint density at radius 2 is 1.94 bits per heavy atom. The highest BCUT2D eigenvalue weighted by atomic mass is 19.4. The van der Waals surface area contributed by atoms with Crippen LogP contribution < -0.4 is 10.6 Å². The zero-order valence-electron chi connectivity index (χ0n) is 9.57. The molecule has 0 spiro atoms. The van der Waals surface area contributed by atoms with Crippen LogP contribution in [-0.2, 0) is 11.2 Å². The summed E-state index contributed by atoms with van der Waals surface area (Å²) >= 11 is 0. The van der Waals surface area contributed by atoms with Crippen molar-refractivity contribution in [3.63, 3.8) is 0 Å². The first-order chi connectivity index (χ1) is 8.45. The third kappa shape index (κ3) is 2.20. The lowest BCUT2D eigenvalue weighted by Crippen LogP contribution is -2.54. The number of nitrogens with zero attached hydrogens (tertiary/aromatic N) is 1. The van der Waals surface area contributed by atoms with Gasteiger partial charge in [-0.3, -0.25) is 9.69 Å². The smallest absolute Gasteiger partial charge is 0.328 e. The summed E-state index contributed by atoms with van der Waals surface area (Å²) in [7, 11) is 0. The summed E-state index contributed by atoms with van der Waals surface area (Å²) in [6.45, 7) is -0.635. The third-order valence-electron chi connectivity index (χ3n) is 3.04. The van der Waals surface area contributed by atoms with Gasteiger partial charge in [-0.05, 0) is 18.1 Å². The van der Waals surface area contributed by atoms with Crippen LogP contribution in [0.1, 0.15) is 12.0 Å². The standard InChI is InChI=1S/C12H13F3N2O/c13-12(14,15)10(7-16)17-9-4-2-1-3-8(9)5-6-11(17)18/h1-4,10H,5-7,16H2. The molecule has 1 atom stereocenters. The minimum atomic E-state index is -4.52. The van der Waals surface area contributed by atoms with Gasteiger partial charge in [-0.1, -0.05) is 18.2 Å². The van der Waals surface area contributed by atoms with Crippen LogP contribution in [-0.4, -0.2) is 24.7 Å². The number of aryl methyl sites for hydroxylation is 1. The number of fused-ring (bicyclic) bond motifs is 1. The number of carbonyl (C=O) groups excluding carboxylic acids is 1. The molecule has 0 bridgehead atoms. The number of hydrogen-bond donors (Lipinski definition) is 1. The molecule has 0 aromatic heterocycles. The zero-order chi connectivity index (χ0) is 13.3. The minimum Gasteiger partial charge on any atom is -0.328 e. The second-order valence-electron chi connectivity index (χ2n) is 4.19. The molecule has 1 aromatic carbocycles. The van der Waals surface area contributed by atoms with Gasteiger partial charge >= 0.3 is 6.18 Å². The number of benzene rings is 1. The number of alkyl halides is 3. The van der Waals surface area contributed by atoms with Crippen molar-refractivity contribution >= 4 is 11.6 Å². The van der Waals surface area contributed by atoms with E-state index in [4.69, 9.17) is 5.73 Å². The molecule has 0 radical (unpaired) electrons. The van der Waals surface area contributed by atoms with Crippen molar-refractivity contribution < 1.29 is 18.0 Å². The molecule has 6 heteroatoms. The number of anilines is 1. The Balaban J connectivity index is 2.46. The summed E-state index contributed by atoms with van der Waals surface area (Å²) in [6.07, 6.45) is -3.96. The Morgan fingerprint density at radius 3 is 2.56 bits per heavy atom.